The minimum absolute atomic E-state index is 0.211. The van der Waals surface area contributed by atoms with Crippen LogP contribution in [-0.2, 0) is 9.59 Å². The average Bonchev–Trinajstić information content (AvgIpc) is 3.68. The number of hydrogen-bond donors (Lipinski definition) is 3. The first-order valence-corrected chi connectivity index (χ1v) is 12.6. The maximum atomic E-state index is 13.1. The van der Waals surface area contributed by atoms with E-state index in [4.69, 9.17) is 4.74 Å². The van der Waals surface area contributed by atoms with Crippen molar-refractivity contribution in [3.8, 4) is 11.5 Å². The highest BCUT2D eigenvalue weighted by molar-refractivity contribution is 6.16. The van der Waals surface area contributed by atoms with Crippen LogP contribution in [0, 0.1) is 11.2 Å². The predicted octanol–water partition coefficient (Wildman–Crippen LogP) is 4.15. The van der Waals surface area contributed by atoms with Crippen molar-refractivity contribution in [1.29, 1.82) is 0 Å². The zero-order chi connectivity index (χ0) is 27.6. The third-order valence-electron chi connectivity index (χ3n) is 6.92. The van der Waals surface area contributed by atoms with E-state index in [1.165, 1.54) is 24.3 Å². The molecule has 0 unspecified atom stereocenters. The maximum absolute atomic E-state index is 13.1. The summed E-state index contributed by atoms with van der Waals surface area (Å²) < 4.78 is 19.0. The molecular weight excluding hydrogens is 503 g/mol. The van der Waals surface area contributed by atoms with Crippen molar-refractivity contribution in [1.82, 2.24) is 14.8 Å². The predicted molar refractivity (Wildman–Crippen MR) is 144 cm³/mol. The minimum Gasteiger partial charge on any atom is -0.457 e. The van der Waals surface area contributed by atoms with Crippen molar-refractivity contribution in [3.05, 3.63) is 72.7 Å². The number of pyridine rings is 1. The number of nitrogens with one attached hydrogen (secondary N) is 3. The lowest BCUT2D eigenvalue weighted by molar-refractivity contribution is -0.131. The molecule has 1 saturated heterocycles. The van der Waals surface area contributed by atoms with Gasteiger partial charge in [0.15, 0.2) is 0 Å². The van der Waals surface area contributed by atoms with Gasteiger partial charge in [-0.25, -0.2) is 14.2 Å². The Hall–Kier alpha value is -4.51. The maximum Gasteiger partial charge on any atom is 0.323 e. The van der Waals surface area contributed by atoms with E-state index in [2.05, 4.69) is 25.8 Å². The normalized spacial score (nSPS) is 15.7. The molecule has 2 heterocycles. The Labute approximate surface area is 225 Å². The first kappa shape index (κ1) is 26.1. The smallest absolute Gasteiger partial charge is 0.323 e. The largest absolute Gasteiger partial charge is 0.457 e. The van der Waals surface area contributed by atoms with Crippen LogP contribution >= 0.6 is 0 Å². The number of likely N-dealkylation sites (N-methyl/N-ethyl adjacent to an activating group) is 1. The average molecular weight is 533 g/mol. The van der Waals surface area contributed by atoms with E-state index in [1.807, 2.05) is 14.1 Å². The molecule has 5 rings (SSSR count). The Kier molecular flexibility index (Phi) is 7.16. The number of amides is 4. The summed E-state index contributed by atoms with van der Waals surface area (Å²) in [6.45, 7) is 1.33. The van der Waals surface area contributed by atoms with Crippen LogP contribution in [0.2, 0.25) is 0 Å². The molecule has 1 aliphatic carbocycles. The van der Waals surface area contributed by atoms with Gasteiger partial charge < -0.3 is 25.2 Å². The summed E-state index contributed by atoms with van der Waals surface area (Å²) in [6.07, 6.45) is 2.41. The molecule has 39 heavy (non-hydrogen) atoms. The zero-order valence-electron chi connectivity index (χ0n) is 21.6. The van der Waals surface area contributed by atoms with Crippen molar-refractivity contribution < 1.29 is 23.5 Å². The van der Waals surface area contributed by atoms with E-state index in [9.17, 15) is 18.8 Å². The third-order valence-corrected chi connectivity index (χ3v) is 6.92. The first-order chi connectivity index (χ1) is 18.7. The van der Waals surface area contributed by atoms with Gasteiger partial charge in [0.1, 0.15) is 28.5 Å². The summed E-state index contributed by atoms with van der Waals surface area (Å²) in [7, 11) is 3.98. The van der Waals surface area contributed by atoms with Crippen LogP contribution in [0.5, 0.6) is 11.5 Å². The SMILES string of the molecule is CN(C)C1CN(C(=O)Nc2cc(Oc3ccc(NC(=O)C4(C(=O)Nc5ccc(F)cc5)CC4)cc3)ccn2)C1. The molecule has 10 nitrogen and oxygen atoms in total. The molecule has 1 aliphatic heterocycles. The van der Waals surface area contributed by atoms with Crippen LogP contribution in [0.25, 0.3) is 0 Å². The zero-order valence-corrected chi connectivity index (χ0v) is 21.6. The van der Waals surface area contributed by atoms with Crippen molar-refractivity contribution in [2.24, 2.45) is 5.41 Å². The number of anilines is 3. The van der Waals surface area contributed by atoms with Crippen molar-refractivity contribution in [2.75, 3.05) is 43.1 Å². The number of hydrogen-bond acceptors (Lipinski definition) is 6. The number of carbonyl (C=O) groups excluding carboxylic acids is 3. The van der Waals surface area contributed by atoms with E-state index < -0.39 is 23.0 Å². The highest BCUT2D eigenvalue weighted by Crippen LogP contribution is 2.47. The van der Waals surface area contributed by atoms with Crippen LogP contribution in [0.1, 0.15) is 12.8 Å². The highest BCUT2D eigenvalue weighted by Gasteiger charge is 2.56. The van der Waals surface area contributed by atoms with E-state index in [0.717, 1.165) is 0 Å². The molecule has 0 spiro atoms. The molecule has 11 heteroatoms. The molecule has 4 amide bonds. The van der Waals surface area contributed by atoms with Gasteiger partial charge in [-0.3, -0.25) is 14.9 Å². The molecule has 3 N–H and O–H groups in total. The van der Waals surface area contributed by atoms with Crippen LogP contribution in [-0.4, -0.2) is 65.9 Å². The van der Waals surface area contributed by atoms with Gasteiger partial charge in [0, 0.05) is 42.8 Å². The lowest BCUT2D eigenvalue weighted by atomic mass is 10.0. The van der Waals surface area contributed by atoms with E-state index in [1.54, 1.807) is 47.5 Å². The van der Waals surface area contributed by atoms with Crippen molar-refractivity contribution >= 4 is 35.0 Å². The summed E-state index contributed by atoms with van der Waals surface area (Å²) >= 11 is 0. The number of aromatic nitrogens is 1. The van der Waals surface area contributed by atoms with Gasteiger partial charge >= 0.3 is 6.03 Å². The van der Waals surface area contributed by atoms with Crippen molar-refractivity contribution in [3.63, 3.8) is 0 Å². The summed E-state index contributed by atoms with van der Waals surface area (Å²) in [5, 5.41) is 8.27. The van der Waals surface area contributed by atoms with Gasteiger partial charge in [0.05, 0.1) is 0 Å². The number of urea groups is 1. The summed E-state index contributed by atoms with van der Waals surface area (Å²) in [6, 6.07) is 15.6. The Morgan fingerprint density at radius 3 is 2.05 bits per heavy atom. The van der Waals surface area contributed by atoms with Crippen LogP contribution in [0.15, 0.2) is 66.9 Å². The molecule has 2 aromatic carbocycles. The lowest BCUT2D eigenvalue weighted by Crippen LogP contribution is -2.60. The second-order valence-electron chi connectivity index (χ2n) is 9.95. The molecule has 202 valence electrons. The molecule has 2 fully saturated rings. The number of likely N-dealkylation sites (tertiary alicyclic amines) is 1. The number of halogens is 1. The fourth-order valence-electron chi connectivity index (χ4n) is 4.14. The second-order valence-corrected chi connectivity index (χ2v) is 9.95. The molecule has 1 saturated carbocycles. The fourth-order valence-corrected chi connectivity index (χ4v) is 4.14. The number of nitrogens with zero attached hydrogens (tertiary/aromatic N) is 3. The summed E-state index contributed by atoms with van der Waals surface area (Å²) in [4.78, 5) is 46.1. The summed E-state index contributed by atoms with van der Waals surface area (Å²) in [5.41, 5.74) is -0.203. The van der Waals surface area contributed by atoms with E-state index >= 15 is 0 Å². The first-order valence-electron chi connectivity index (χ1n) is 12.6. The Bertz CT molecular complexity index is 1370. The van der Waals surface area contributed by atoms with E-state index in [0.29, 0.717) is 60.7 Å². The summed E-state index contributed by atoms with van der Waals surface area (Å²) in [5.74, 6) is 0.159. The van der Waals surface area contributed by atoms with Gasteiger partial charge in [0.2, 0.25) is 11.8 Å². The van der Waals surface area contributed by atoms with Gasteiger partial charge in [-0.2, -0.15) is 0 Å². The van der Waals surface area contributed by atoms with Crippen LogP contribution in [0.4, 0.5) is 26.4 Å². The molecule has 0 atom stereocenters. The Balaban J connectivity index is 1.14. The third kappa shape index (κ3) is 5.99. The number of carbonyl (C=O) groups is 3. The Morgan fingerprint density at radius 1 is 0.897 bits per heavy atom. The van der Waals surface area contributed by atoms with Crippen LogP contribution < -0.4 is 20.7 Å². The number of benzene rings is 2. The lowest BCUT2D eigenvalue weighted by Gasteiger charge is -2.42. The monoisotopic (exact) mass is 532 g/mol. The topological polar surface area (TPSA) is 116 Å². The van der Waals surface area contributed by atoms with Crippen molar-refractivity contribution in [2.45, 2.75) is 18.9 Å². The highest BCUT2D eigenvalue weighted by atomic mass is 19.1. The molecule has 0 bridgehead atoms. The van der Waals surface area contributed by atoms with Crippen LogP contribution in [0.3, 0.4) is 0 Å². The van der Waals surface area contributed by atoms with Gasteiger partial charge in [-0.15, -0.1) is 0 Å². The second kappa shape index (κ2) is 10.7. The molecule has 2 aliphatic rings. The van der Waals surface area contributed by atoms with Gasteiger partial charge in [0.25, 0.3) is 0 Å². The quantitative estimate of drug-likeness (QED) is 0.376. The number of ether oxygens (including phenoxy) is 1. The minimum atomic E-state index is -1.15. The standard InChI is InChI=1S/C28H29FN6O4/c1-34(2)21-16-35(17-21)27(38)33-24-15-23(11-14-30-24)39-22-9-7-20(8-10-22)32-26(37)28(12-13-28)25(36)31-19-5-3-18(29)4-6-19/h3-11,14-15,21H,12-13,16-17H2,1-2H3,(H,31,36)(H,32,37)(H,30,33,38). The number of rotatable bonds is 8. The fraction of sp³-hybridized carbons (Fsp3) is 0.286. The van der Waals surface area contributed by atoms with Gasteiger partial charge in [-0.1, -0.05) is 0 Å². The molecule has 1 aromatic heterocycles. The molecule has 3 aromatic rings. The Morgan fingerprint density at radius 2 is 1.49 bits per heavy atom. The molecule has 0 radical (unpaired) electrons. The molecular formula is C28H29FN6O4. The van der Waals surface area contributed by atoms with Gasteiger partial charge in [-0.05, 0) is 81.5 Å². The van der Waals surface area contributed by atoms with E-state index in [-0.39, 0.29) is 6.03 Å².